The van der Waals surface area contributed by atoms with Crippen LogP contribution in [0.1, 0.15) is 40.9 Å². The second-order valence-electron chi connectivity index (χ2n) is 6.46. The highest BCUT2D eigenvalue weighted by molar-refractivity contribution is 5.99. The summed E-state index contributed by atoms with van der Waals surface area (Å²) in [6, 6.07) is 4.13. The minimum atomic E-state index is -0.0679. The van der Waals surface area contributed by atoms with Gasteiger partial charge in [0.1, 0.15) is 0 Å². The maximum atomic E-state index is 12.6. The van der Waals surface area contributed by atoms with Gasteiger partial charge in [0, 0.05) is 17.6 Å². The third kappa shape index (κ3) is 3.10. The summed E-state index contributed by atoms with van der Waals surface area (Å²) in [6.45, 7) is 13.1. The van der Waals surface area contributed by atoms with Gasteiger partial charge in [0.2, 0.25) is 0 Å². The maximum absolute atomic E-state index is 12.6. The fraction of sp³-hybridized carbons (Fsp3) is 0.588. The van der Waals surface area contributed by atoms with Crippen LogP contribution in [0, 0.1) is 20.8 Å². The highest BCUT2D eigenvalue weighted by atomic mass is 16.5. The smallest absolute Gasteiger partial charge is 0.177 e. The van der Waals surface area contributed by atoms with Crippen molar-refractivity contribution >= 4 is 5.78 Å². The van der Waals surface area contributed by atoms with Gasteiger partial charge in [-0.1, -0.05) is 6.07 Å². The molecule has 2 rings (SSSR count). The molecule has 1 aliphatic rings. The van der Waals surface area contributed by atoms with Crippen molar-refractivity contribution in [3.63, 3.8) is 0 Å². The number of aryl methyl sites for hydroxylation is 3. The monoisotopic (exact) mass is 275 g/mol. The summed E-state index contributed by atoms with van der Waals surface area (Å²) < 4.78 is 5.51. The summed E-state index contributed by atoms with van der Waals surface area (Å²) in [5, 5.41) is 0. The van der Waals surface area contributed by atoms with Crippen LogP contribution in [0.5, 0.6) is 0 Å². The number of hydrogen-bond donors (Lipinski definition) is 0. The quantitative estimate of drug-likeness (QED) is 0.794. The molecule has 3 nitrogen and oxygen atoms in total. The minimum Gasteiger partial charge on any atom is -0.378 e. The summed E-state index contributed by atoms with van der Waals surface area (Å²) in [7, 11) is 0. The zero-order valence-corrected chi connectivity index (χ0v) is 13.2. The number of morpholine rings is 1. The molecule has 0 spiro atoms. The van der Waals surface area contributed by atoms with Crippen molar-refractivity contribution in [2.75, 3.05) is 26.3 Å². The van der Waals surface area contributed by atoms with Gasteiger partial charge in [-0.2, -0.15) is 0 Å². The lowest BCUT2D eigenvalue weighted by molar-refractivity contribution is -0.0467. The number of carbonyl (C=O) groups excluding carboxylic acids is 1. The molecular formula is C17H25NO2. The largest absolute Gasteiger partial charge is 0.378 e. The van der Waals surface area contributed by atoms with Gasteiger partial charge >= 0.3 is 0 Å². The molecule has 0 atom stereocenters. The van der Waals surface area contributed by atoms with Crippen molar-refractivity contribution in [2.24, 2.45) is 0 Å². The van der Waals surface area contributed by atoms with Crippen LogP contribution in [0.15, 0.2) is 12.1 Å². The van der Waals surface area contributed by atoms with E-state index in [-0.39, 0.29) is 11.3 Å². The van der Waals surface area contributed by atoms with E-state index in [1.54, 1.807) is 0 Å². The molecule has 0 amide bonds. The van der Waals surface area contributed by atoms with Crippen molar-refractivity contribution in [1.82, 2.24) is 4.90 Å². The predicted molar refractivity (Wildman–Crippen MR) is 81.5 cm³/mol. The first-order valence-electron chi connectivity index (χ1n) is 7.25. The van der Waals surface area contributed by atoms with Crippen LogP contribution in [0.2, 0.25) is 0 Å². The summed E-state index contributed by atoms with van der Waals surface area (Å²) >= 11 is 0. The van der Waals surface area contributed by atoms with E-state index in [0.717, 1.165) is 17.7 Å². The van der Waals surface area contributed by atoms with Gasteiger partial charge in [-0.25, -0.2) is 0 Å². The Labute approximate surface area is 121 Å². The summed E-state index contributed by atoms with van der Waals surface area (Å²) in [6.07, 6.45) is 0. The lowest BCUT2D eigenvalue weighted by Crippen LogP contribution is -2.54. The standard InChI is InChI=1S/C17H25NO2/c1-12-8-14(3)15(9-13(12)2)16(19)10-18-6-7-20-11-17(18,4)5/h8-9H,6-7,10-11H2,1-5H3. The molecule has 0 saturated carbocycles. The van der Waals surface area contributed by atoms with Crippen molar-refractivity contribution in [3.8, 4) is 0 Å². The van der Waals surface area contributed by atoms with E-state index >= 15 is 0 Å². The Bertz CT molecular complexity index is 520. The normalized spacial score (nSPS) is 19.1. The number of hydrogen-bond acceptors (Lipinski definition) is 3. The molecule has 3 heteroatoms. The fourth-order valence-corrected chi connectivity index (χ4v) is 2.70. The molecule has 0 aromatic heterocycles. The average Bonchev–Trinajstić information content (AvgIpc) is 2.36. The Morgan fingerprint density at radius 2 is 1.85 bits per heavy atom. The molecular weight excluding hydrogens is 250 g/mol. The molecule has 0 N–H and O–H groups in total. The van der Waals surface area contributed by atoms with Crippen molar-refractivity contribution in [3.05, 3.63) is 34.4 Å². The fourth-order valence-electron chi connectivity index (χ4n) is 2.70. The number of carbonyl (C=O) groups is 1. The molecule has 1 heterocycles. The maximum Gasteiger partial charge on any atom is 0.177 e. The molecule has 0 aliphatic carbocycles. The summed E-state index contributed by atoms with van der Waals surface area (Å²) in [4.78, 5) is 14.8. The van der Waals surface area contributed by atoms with E-state index < -0.39 is 0 Å². The first-order chi connectivity index (χ1) is 9.31. The zero-order valence-electron chi connectivity index (χ0n) is 13.2. The van der Waals surface area contributed by atoms with Crippen LogP contribution >= 0.6 is 0 Å². The molecule has 0 unspecified atom stereocenters. The number of benzene rings is 1. The minimum absolute atomic E-state index is 0.0679. The van der Waals surface area contributed by atoms with Gasteiger partial charge in [-0.15, -0.1) is 0 Å². The second-order valence-corrected chi connectivity index (χ2v) is 6.46. The molecule has 0 bridgehead atoms. The van der Waals surface area contributed by atoms with Crippen molar-refractivity contribution in [1.29, 1.82) is 0 Å². The highest BCUT2D eigenvalue weighted by Gasteiger charge is 2.32. The highest BCUT2D eigenvalue weighted by Crippen LogP contribution is 2.21. The Morgan fingerprint density at radius 1 is 1.20 bits per heavy atom. The Hall–Kier alpha value is -1.19. The second kappa shape index (κ2) is 5.66. The number of rotatable bonds is 3. The van der Waals surface area contributed by atoms with E-state index in [9.17, 15) is 4.79 Å². The predicted octanol–water partition coefficient (Wildman–Crippen LogP) is 2.91. The SMILES string of the molecule is Cc1cc(C)c(C(=O)CN2CCOCC2(C)C)cc1C. The molecule has 110 valence electrons. The summed E-state index contributed by atoms with van der Waals surface area (Å²) in [5.41, 5.74) is 4.28. The van der Waals surface area contributed by atoms with Crippen molar-refractivity contribution < 1.29 is 9.53 Å². The number of ether oxygens (including phenoxy) is 1. The van der Waals surface area contributed by atoms with Crippen LogP contribution in [0.3, 0.4) is 0 Å². The summed E-state index contributed by atoms with van der Waals surface area (Å²) in [5.74, 6) is 0.209. The third-order valence-electron chi connectivity index (χ3n) is 4.29. The van der Waals surface area contributed by atoms with E-state index in [1.165, 1.54) is 11.1 Å². The lowest BCUT2D eigenvalue weighted by atomic mass is 9.96. The third-order valence-corrected chi connectivity index (χ3v) is 4.29. The van der Waals surface area contributed by atoms with Crippen LogP contribution < -0.4 is 0 Å². The zero-order chi connectivity index (χ0) is 14.9. The Morgan fingerprint density at radius 3 is 2.50 bits per heavy atom. The van der Waals surface area contributed by atoms with E-state index in [1.807, 2.05) is 13.0 Å². The van der Waals surface area contributed by atoms with Crippen LogP contribution in [-0.2, 0) is 4.74 Å². The van der Waals surface area contributed by atoms with Crippen molar-refractivity contribution in [2.45, 2.75) is 40.2 Å². The van der Waals surface area contributed by atoms with Gasteiger partial charge in [-0.05, 0) is 57.4 Å². The molecule has 1 fully saturated rings. The molecule has 1 aliphatic heterocycles. The topological polar surface area (TPSA) is 29.5 Å². The van der Waals surface area contributed by atoms with Crippen LogP contribution in [-0.4, -0.2) is 42.5 Å². The molecule has 1 aromatic rings. The molecule has 1 saturated heterocycles. The first kappa shape index (κ1) is 15.2. The van der Waals surface area contributed by atoms with E-state index in [0.29, 0.717) is 19.8 Å². The molecule has 0 radical (unpaired) electrons. The molecule has 20 heavy (non-hydrogen) atoms. The van der Waals surface area contributed by atoms with Gasteiger partial charge in [-0.3, -0.25) is 9.69 Å². The van der Waals surface area contributed by atoms with E-state index in [4.69, 9.17) is 4.74 Å². The lowest BCUT2D eigenvalue weighted by Gasteiger charge is -2.41. The average molecular weight is 275 g/mol. The Kier molecular flexibility index (Phi) is 4.31. The number of Topliss-reactive ketones (excluding diaryl/α,β-unsaturated/α-hetero) is 1. The van der Waals surface area contributed by atoms with Crippen LogP contribution in [0.25, 0.3) is 0 Å². The van der Waals surface area contributed by atoms with Gasteiger partial charge in [0.25, 0.3) is 0 Å². The van der Waals surface area contributed by atoms with E-state index in [2.05, 4.69) is 38.7 Å². The number of nitrogens with zero attached hydrogens (tertiary/aromatic N) is 1. The number of ketones is 1. The van der Waals surface area contributed by atoms with Gasteiger partial charge in [0.15, 0.2) is 5.78 Å². The Balaban J connectivity index is 2.18. The van der Waals surface area contributed by atoms with Gasteiger partial charge < -0.3 is 4.74 Å². The van der Waals surface area contributed by atoms with Gasteiger partial charge in [0.05, 0.1) is 19.8 Å². The first-order valence-corrected chi connectivity index (χ1v) is 7.25. The molecule has 1 aromatic carbocycles. The van der Waals surface area contributed by atoms with Crippen LogP contribution in [0.4, 0.5) is 0 Å².